The van der Waals surface area contributed by atoms with Gasteiger partial charge >= 0.3 is 0 Å². The van der Waals surface area contributed by atoms with Gasteiger partial charge in [0.15, 0.2) is 0 Å². The molecule has 0 spiro atoms. The summed E-state index contributed by atoms with van der Waals surface area (Å²) >= 11 is 0. The SMILES string of the molecule is CC(C)[C@@H](NC(=O)c1ccc(F)cc1)c1nc(-c2ccccc2)no1. The van der Waals surface area contributed by atoms with Gasteiger partial charge in [-0.3, -0.25) is 4.79 Å². The van der Waals surface area contributed by atoms with Crippen LogP contribution in [0.15, 0.2) is 59.1 Å². The Labute approximate surface area is 144 Å². The molecule has 1 amide bonds. The Morgan fingerprint density at radius 1 is 1.08 bits per heavy atom. The molecule has 6 heteroatoms. The molecule has 0 aliphatic carbocycles. The van der Waals surface area contributed by atoms with Gasteiger partial charge in [0.1, 0.15) is 11.9 Å². The number of nitrogens with zero attached hydrogens (tertiary/aromatic N) is 2. The lowest BCUT2D eigenvalue weighted by Crippen LogP contribution is -2.32. The van der Waals surface area contributed by atoms with Gasteiger partial charge in [0.25, 0.3) is 5.91 Å². The molecule has 0 aliphatic heterocycles. The van der Waals surface area contributed by atoms with Gasteiger partial charge in [0.05, 0.1) is 0 Å². The summed E-state index contributed by atoms with van der Waals surface area (Å²) in [5.41, 5.74) is 1.21. The van der Waals surface area contributed by atoms with Gasteiger partial charge in [0.2, 0.25) is 11.7 Å². The maximum atomic E-state index is 13.0. The first-order chi connectivity index (χ1) is 12.0. The Bertz CT molecular complexity index is 845. The van der Waals surface area contributed by atoms with Crippen molar-refractivity contribution in [1.29, 1.82) is 0 Å². The van der Waals surface area contributed by atoms with Crippen molar-refractivity contribution in [2.75, 3.05) is 0 Å². The Hall–Kier alpha value is -3.02. The van der Waals surface area contributed by atoms with Crippen molar-refractivity contribution < 1.29 is 13.7 Å². The number of hydrogen-bond donors (Lipinski definition) is 1. The van der Waals surface area contributed by atoms with Crippen LogP contribution in [0.4, 0.5) is 4.39 Å². The highest BCUT2D eigenvalue weighted by Gasteiger charge is 2.25. The lowest BCUT2D eigenvalue weighted by molar-refractivity contribution is 0.0914. The van der Waals surface area contributed by atoms with Crippen molar-refractivity contribution in [2.24, 2.45) is 5.92 Å². The van der Waals surface area contributed by atoms with E-state index in [1.807, 2.05) is 44.2 Å². The van der Waals surface area contributed by atoms with Crippen LogP contribution in [0.25, 0.3) is 11.4 Å². The second-order valence-electron chi connectivity index (χ2n) is 6.02. The Kier molecular flexibility index (Phi) is 4.88. The summed E-state index contributed by atoms with van der Waals surface area (Å²) in [7, 11) is 0. The lowest BCUT2D eigenvalue weighted by Gasteiger charge is -2.18. The van der Waals surface area contributed by atoms with E-state index in [2.05, 4.69) is 15.5 Å². The fourth-order valence-electron chi connectivity index (χ4n) is 2.41. The number of aromatic nitrogens is 2. The zero-order valence-corrected chi connectivity index (χ0v) is 13.9. The molecule has 3 rings (SSSR count). The summed E-state index contributed by atoms with van der Waals surface area (Å²) in [6.07, 6.45) is 0. The van der Waals surface area contributed by atoms with Crippen molar-refractivity contribution in [3.05, 3.63) is 71.9 Å². The van der Waals surface area contributed by atoms with E-state index in [9.17, 15) is 9.18 Å². The molecular formula is C19H18FN3O2. The summed E-state index contributed by atoms with van der Waals surface area (Å²) in [5.74, 6) is 0.134. The molecule has 0 radical (unpaired) electrons. The predicted molar refractivity (Wildman–Crippen MR) is 91.2 cm³/mol. The summed E-state index contributed by atoms with van der Waals surface area (Å²) < 4.78 is 18.4. The molecule has 0 unspecified atom stereocenters. The largest absolute Gasteiger partial charge is 0.340 e. The first-order valence-electron chi connectivity index (χ1n) is 8.00. The van der Waals surface area contributed by atoms with Gasteiger partial charge < -0.3 is 9.84 Å². The number of benzene rings is 2. The third-order valence-electron chi connectivity index (χ3n) is 3.80. The minimum Gasteiger partial charge on any atom is -0.340 e. The molecule has 1 aromatic heterocycles. The van der Waals surface area contributed by atoms with Crippen LogP contribution >= 0.6 is 0 Å². The van der Waals surface area contributed by atoms with E-state index in [-0.39, 0.29) is 17.6 Å². The molecule has 0 fully saturated rings. The van der Waals surface area contributed by atoms with Crippen LogP contribution in [0, 0.1) is 11.7 Å². The second-order valence-corrected chi connectivity index (χ2v) is 6.02. The number of amides is 1. The maximum absolute atomic E-state index is 13.0. The average molecular weight is 339 g/mol. The first-order valence-corrected chi connectivity index (χ1v) is 8.00. The Balaban J connectivity index is 1.81. The van der Waals surface area contributed by atoms with E-state index in [0.717, 1.165) is 5.56 Å². The van der Waals surface area contributed by atoms with Gasteiger partial charge in [-0.05, 0) is 30.2 Å². The number of carbonyl (C=O) groups is 1. The predicted octanol–water partition coefficient (Wildman–Crippen LogP) is 4.00. The van der Waals surface area contributed by atoms with Crippen LogP contribution in [0.1, 0.15) is 36.1 Å². The molecule has 5 nitrogen and oxygen atoms in total. The zero-order chi connectivity index (χ0) is 17.8. The van der Waals surface area contributed by atoms with E-state index < -0.39 is 6.04 Å². The number of halogens is 1. The van der Waals surface area contributed by atoms with E-state index in [1.165, 1.54) is 24.3 Å². The van der Waals surface area contributed by atoms with Crippen LogP contribution in [0.3, 0.4) is 0 Å². The quantitative estimate of drug-likeness (QED) is 0.763. The molecule has 25 heavy (non-hydrogen) atoms. The topological polar surface area (TPSA) is 68.0 Å². The highest BCUT2D eigenvalue weighted by atomic mass is 19.1. The minimum absolute atomic E-state index is 0.0356. The monoisotopic (exact) mass is 339 g/mol. The fraction of sp³-hybridized carbons (Fsp3) is 0.211. The lowest BCUT2D eigenvalue weighted by atomic mass is 10.0. The molecule has 128 valence electrons. The summed E-state index contributed by atoms with van der Waals surface area (Å²) in [4.78, 5) is 16.8. The second kappa shape index (κ2) is 7.25. The van der Waals surface area contributed by atoms with E-state index in [1.54, 1.807) is 0 Å². The smallest absolute Gasteiger partial charge is 0.251 e. The fourth-order valence-corrected chi connectivity index (χ4v) is 2.41. The average Bonchev–Trinajstić information content (AvgIpc) is 3.10. The van der Waals surface area contributed by atoms with Crippen LogP contribution < -0.4 is 5.32 Å². The third kappa shape index (κ3) is 3.91. The maximum Gasteiger partial charge on any atom is 0.251 e. The first kappa shape index (κ1) is 16.8. The van der Waals surface area contributed by atoms with Crippen LogP contribution in [0.2, 0.25) is 0 Å². The van der Waals surface area contributed by atoms with Crippen molar-refractivity contribution in [2.45, 2.75) is 19.9 Å². The molecule has 0 bridgehead atoms. The van der Waals surface area contributed by atoms with Gasteiger partial charge in [-0.15, -0.1) is 0 Å². The van der Waals surface area contributed by atoms with Crippen LogP contribution in [-0.4, -0.2) is 16.0 Å². The molecule has 1 heterocycles. The number of rotatable bonds is 5. The van der Waals surface area contributed by atoms with E-state index >= 15 is 0 Å². The van der Waals surface area contributed by atoms with Crippen molar-refractivity contribution in [1.82, 2.24) is 15.5 Å². The highest BCUT2D eigenvalue weighted by Crippen LogP contribution is 2.24. The highest BCUT2D eigenvalue weighted by molar-refractivity contribution is 5.94. The van der Waals surface area contributed by atoms with Gasteiger partial charge in [-0.2, -0.15) is 4.98 Å². The van der Waals surface area contributed by atoms with Crippen LogP contribution in [0.5, 0.6) is 0 Å². The zero-order valence-electron chi connectivity index (χ0n) is 13.9. The van der Waals surface area contributed by atoms with Crippen molar-refractivity contribution in [3.8, 4) is 11.4 Å². The summed E-state index contributed by atoms with van der Waals surface area (Å²) in [6.45, 7) is 3.89. The molecular weight excluding hydrogens is 321 g/mol. The van der Waals surface area contributed by atoms with E-state index in [0.29, 0.717) is 17.3 Å². The molecule has 2 aromatic carbocycles. The Morgan fingerprint density at radius 2 is 1.76 bits per heavy atom. The van der Waals surface area contributed by atoms with Gasteiger partial charge in [-0.25, -0.2) is 4.39 Å². The minimum atomic E-state index is -0.442. The third-order valence-corrected chi connectivity index (χ3v) is 3.80. The Morgan fingerprint density at radius 3 is 2.40 bits per heavy atom. The van der Waals surface area contributed by atoms with E-state index in [4.69, 9.17) is 4.52 Å². The molecule has 0 saturated heterocycles. The normalized spacial score (nSPS) is 12.2. The molecule has 0 saturated carbocycles. The van der Waals surface area contributed by atoms with Gasteiger partial charge in [-0.1, -0.05) is 49.3 Å². The standard InChI is InChI=1S/C19H18FN3O2/c1-12(2)16(21-18(24)14-8-10-15(20)11-9-14)19-22-17(23-25-19)13-6-4-3-5-7-13/h3-12,16H,1-2H3,(H,21,24)/t16-/m1/s1. The molecule has 1 atom stereocenters. The number of hydrogen-bond acceptors (Lipinski definition) is 4. The van der Waals surface area contributed by atoms with Crippen molar-refractivity contribution >= 4 is 5.91 Å². The number of nitrogens with one attached hydrogen (secondary N) is 1. The summed E-state index contributed by atoms with van der Waals surface area (Å²) in [6, 6.07) is 14.4. The molecule has 0 aliphatic rings. The van der Waals surface area contributed by atoms with Gasteiger partial charge in [0, 0.05) is 11.1 Å². The number of carbonyl (C=O) groups excluding carboxylic acids is 1. The molecule has 1 N–H and O–H groups in total. The summed E-state index contributed by atoms with van der Waals surface area (Å²) in [5, 5.41) is 6.87. The molecule has 3 aromatic rings. The van der Waals surface area contributed by atoms with Crippen molar-refractivity contribution in [3.63, 3.8) is 0 Å². The van der Waals surface area contributed by atoms with Crippen LogP contribution in [-0.2, 0) is 0 Å².